The number of rotatable bonds is 3. The minimum absolute atomic E-state index is 0.283. The van der Waals surface area contributed by atoms with Crippen molar-refractivity contribution in [3.63, 3.8) is 0 Å². The summed E-state index contributed by atoms with van der Waals surface area (Å²) < 4.78 is 13.6. The van der Waals surface area contributed by atoms with Gasteiger partial charge in [0.05, 0.1) is 4.47 Å². The number of halogens is 3. The first-order valence-electron chi connectivity index (χ1n) is 6.21. The van der Waals surface area contributed by atoms with E-state index >= 15 is 0 Å². The van der Waals surface area contributed by atoms with Gasteiger partial charge < -0.3 is 10.6 Å². The summed E-state index contributed by atoms with van der Waals surface area (Å²) in [5.41, 5.74) is 2.73. The number of nitrogens with one attached hydrogen (secondary N) is 2. The molecule has 0 heterocycles. The lowest BCUT2D eigenvalue weighted by molar-refractivity contribution is 0.620. The van der Waals surface area contributed by atoms with E-state index in [1.807, 2.05) is 25.1 Å². The highest BCUT2D eigenvalue weighted by Crippen LogP contribution is 2.22. The van der Waals surface area contributed by atoms with Gasteiger partial charge in [-0.05, 0) is 70.5 Å². The van der Waals surface area contributed by atoms with Crippen LogP contribution in [0.15, 0.2) is 40.9 Å². The molecular formula is C15H13BrClFN2S. The fourth-order valence-corrected chi connectivity index (χ4v) is 2.52. The Hall–Kier alpha value is -1.17. The van der Waals surface area contributed by atoms with Gasteiger partial charge in [0.2, 0.25) is 0 Å². The van der Waals surface area contributed by atoms with Crippen molar-refractivity contribution in [2.24, 2.45) is 0 Å². The molecule has 0 radical (unpaired) electrons. The number of hydrogen-bond donors (Lipinski definition) is 2. The molecule has 2 N–H and O–H groups in total. The summed E-state index contributed by atoms with van der Waals surface area (Å²) in [6, 6.07) is 10.4. The summed E-state index contributed by atoms with van der Waals surface area (Å²) in [6.45, 7) is 2.43. The van der Waals surface area contributed by atoms with E-state index in [1.165, 1.54) is 6.07 Å². The van der Waals surface area contributed by atoms with Crippen LogP contribution in [-0.4, -0.2) is 5.11 Å². The molecule has 21 heavy (non-hydrogen) atoms. The number of hydrogen-bond acceptors (Lipinski definition) is 1. The zero-order valence-corrected chi connectivity index (χ0v) is 14.4. The van der Waals surface area contributed by atoms with Gasteiger partial charge in [-0.25, -0.2) is 4.39 Å². The van der Waals surface area contributed by atoms with Gasteiger partial charge in [0, 0.05) is 17.3 Å². The molecule has 2 rings (SSSR count). The SMILES string of the molecule is Cc1c(Cl)cccc1NC(=S)NCc1ccc(F)c(Br)c1. The van der Waals surface area contributed by atoms with Gasteiger partial charge in [0.25, 0.3) is 0 Å². The Bertz CT molecular complexity index is 679. The second-order valence-electron chi connectivity index (χ2n) is 4.47. The third kappa shape index (κ3) is 4.40. The molecule has 2 aromatic carbocycles. The molecule has 0 aliphatic rings. The maximum Gasteiger partial charge on any atom is 0.171 e. The van der Waals surface area contributed by atoms with Crippen LogP contribution in [0.5, 0.6) is 0 Å². The van der Waals surface area contributed by atoms with Gasteiger partial charge in [0.15, 0.2) is 5.11 Å². The van der Waals surface area contributed by atoms with E-state index in [0.717, 1.165) is 16.8 Å². The van der Waals surface area contributed by atoms with E-state index in [2.05, 4.69) is 26.6 Å². The Kier molecular flexibility index (Phi) is 5.56. The van der Waals surface area contributed by atoms with Crippen molar-refractivity contribution in [2.45, 2.75) is 13.5 Å². The fraction of sp³-hybridized carbons (Fsp3) is 0.133. The molecule has 0 fully saturated rings. The average molecular weight is 388 g/mol. The van der Waals surface area contributed by atoms with Crippen LogP contribution in [0.2, 0.25) is 5.02 Å². The van der Waals surface area contributed by atoms with E-state index in [4.69, 9.17) is 23.8 Å². The molecule has 110 valence electrons. The molecule has 0 saturated carbocycles. The maximum atomic E-state index is 13.1. The van der Waals surface area contributed by atoms with E-state index in [9.17, 15) is 4.39 Å². The number of thiocarbonyl (C=S) groups is 1. The van der Waals surface area contributed by atoms with Gasteiger partial charge in [0.1, 0.15) is 5.82 Å². The zero-order chi connectivity index (χ0) is 15.4. The van der Waals surface area contributed by atoms with E-state index in [-0.39, 0.29) is 5.82 Å². The molecular weight excluding hydrogens is 375 g/mol. The molecule has 0 aliphatic carbocycles. The van der Waals surface area contributed by atoms with Crippen LogP contribution in [0.1, 0.15) is 11.1 Å². The number of benzene rings is 2. The highest BCUT2D eigenvalue weighted by atomic mass is 79.9. The third-order valence-corrected chi connectivity index (χ3v) is 4.22. The van der Waals surface area contributed by atoms with Crippen molar-refractivity contribution in [3.8, 4) is 0 Å². The van der Waals surface area contributed by atoms with E-state index < -0.39 is 0 Å². The molecule has 0 aromatic heterocycles. The molecule has 2 aromatic rings. The van der Waals surface area contributed by atoms with Crippen LogP contribution in [0.4, 0.5) is 10.1 Å². The predicted octanol–water partition coefficient (Wildman–Crippen LogP) is 5.04. The lowest BCUT2D eigenvalue weighted by Gasteiger charge is -2.13. The lowest BCUT2D eigenvalue weighted by atomic mass is 10.2. The van der Waals surface area contributed by atoms with Crippen LogP contribution in [-0.2, 0) is 6.54 Å². The number of anilines is 1. The highest BCUT2D eigenvalue weighted by Gasteiger charge is 2.05. The van der Waals surface area contributed by atoms with Gasteiger partial charge in [-0.2, -0.15) is 0 Å². The topological polar surface area (TPSA) is 24.1 Å². The first-order valence-corrected chi connectivity index (χ1v) is 7.79. The Morgan fingerprint density at radius 2 is 2.10 bits per heavy atom. The average Bonchev–Trinajstić information content (AvgIpc) is 2.45. The first-order chi connectivity index (χ1) is 9.97. The van der Waals surface area contributed by atoms with Crippen LogP contribution >= 0.6 is 39.7 Å². The highest BCUT2D eigenvalue weighted by molar-refractivity contribution is 9.10. The predicted molar refractivity (Wildman–Crippen MR) is 93.3 cm³/mol. The van der Waals surface area contributed by atoms with Crippen LogP contribution < -0.4 is 10.6 Å². The van der Waals surface area contributed by atoms with Crippen molar-refractivity contribution in [3.05, 3.63) is 62.8 Å². The molecule has 0 bridgehead atoms. The van der Waals surface area contributed by atoms with Crippen molar-refractivity contribution in [2.75, 3.05) is 5.32 Å². The second-order valence-corrected chi connectivity index (χ2v) is 6.14. The lowest BCUT2D eigenvalue weighted by Crippen LogP contribution is -2.28. The Morgan fingerprint density at radius 1 is 1.33 bits per heavy atom. The van der Waals surface area contributed by atoms with Gasteiger partial charge in [-0.1, -0.05) is 23.7 Å². The summed E-state index contributed by atoms with van der Waals surface area (Å²) >= 11 is 14.5. The van der Waals surface area contributed by atoms with E-state index in [1.54, 1.807) is 12.1 Å². The summed E-state index contributed by atoms with van der Waals surface area (Å²) in [4.78, 5) is 0. The molecule has 0 aliphatic heterocycles. The smallest absolute Gasteiger partial charge is 0.171 e. The van der Waals surface area contributed by atoms with Crippen molar-refractivity contribution < 1.29 is 4.39 Å². The molecule has 2 nitrogen and oxygen atoms in total. The van der Waals surface area contributed by atoms with Crippen LogP contribution in [0, 0.1) is 12.7 Å². The van der Waals surface area contributed by atoms with E-state index in [0.29, 0.717) is 21.2 Å². The van der Waals surface area contributed by atoms with Crippen molar-refractivity contribution >= 4 is 50.5 Å². The molecule has 0 amide bonds. The quantitative estimate of drug-likeness (QED) is 0.722. The Labute approximate surface area is 141 Å². The summed E-state index contributed by atoms with van der Waals surface area (Å²) in [6.07, 6.45) is 0. The van der Waals surface area contributed by atoms with Crippen molar-refractivity contribution in [1.82, 2.24) is 5.32 Å². The molecule has 0 spiro atoms. The summed E-state index contributed by atoms with van der Waals surface area (Å²) in [7, 11) is 0. The maximum absolute atomic E-state index is 13.1. The summed E-state index contributed by atoms with van der Waals surface area (Å²) in [5, 5.41) is 7.34. The van der Waals surface area contributed by atoms with Crippen LogP contribution in [0.3, 0.4) is 0 Å². The largest absolute Gasteiger partial charge is 0.358 e. The second kappa shape index (κ2) is 7.20. The van der Waals surface area contributed by atoms with Gasteiger partial charge >= 0.3 is 0 Å². The molecule has 0 atom stereocenters. The van der Waals surface area contributed by atoms with Gasteiger partial charge in [-0.3, -0.25) is 0 Å². The summed E-state index contributed by atoms with van der Waals surface area (Å²) in [5.74, 6) is -0.283. The molecule has 6 heteroatoms. The standard InChI is InChI=1S/C15H13BrClFN2S/c1-9-12(17)3-2-4-14(9)20-15(21)19-8-10-5-6-13(18)11(16)7-10/h2-7H,8H2,1H3,(H2,19,20,21). The fourth-order valence-electron chi connectivity index (χ4n) is 1.74. The molecule has 0 unspecified atom stereocenters. The Morgan fingerprint density at radius 3 is 2.81 bits per heavy atom. The van der Waals surface area contributed by atoms with Gasteiger partial charge in [-0.15, -0.1) is 0 Å². The normalized spacial score (nSPS) is 10.3. The minimum Gasteiger partial charge on any atom is -0.358 e. The monoisotopic (exact) mass is 386 g/mol. The van der Waals surface area contributed by atoms with Crippen molar-refractivity contribution in [1.29, 1.82) is 0 Å². The first kappa shape index (κ1) is 16.2. The minimum atomic E-state index is -0.283. The Balaban J connectivity index is 1.96. The third-order valence-electron chi connectivity index (χ3n) is 2.95. The molecule has 0 saturated heterocycles. The van der Waals surface area contributed by atoms with Crippen LogP contribution in [0.25, 0.3) is 0 Å². The zero-order valence-electron chi connectivity index (χ0n) is 11.2.